The topological polar surface area (TPSA) is 30.0 Å². The molecule has 0 fully saturated rings. The van der Waals surface area contributed by atoms with Gasteiger partial charge in [-0.2, -0.15) is 0 Å². The van der Waals surface area contributed by atoms with Crippen LogP contribution >= 0.6 is 0 Å². The minimum absolute atomic E-state index is 0.719. The second-order valence-electron chi connectivity index (χ2n) is 3.49. The van der Waals surface area contributed by atoms with Gasteiger partial charge in [0.15, 0.2) is 6.29 Å². The Bertz CT molecular complexity index is 503. The van der Waals surface area contributed by atoms with Crippen LogP contribution in [0, 0.1) is 13.8 Å². The molecule has 0 saturated heterocycles. The molecule has 2 aromatic rings. The van der Waals surface area contributed by atoms with E-state index in [-0.39, 0.29) is 0 Å². The fraction of sp³-hybridized carbons (Fsp3) is 0.167. The van der Waals surface area contributed by atoms with Crippen LogP contribution in [0.2, 0.25) is 0 Å². The quantitative estimate of drug-likeness (QED) is 0.639. The molecular formula is C12H11NO. The van der Waals surface area contributed by atoms with Crippen molar-refractivity contribution in [2.75, 3.05) is 0 Å². The molecule has 0 aliphatic rings. The Kier molecular flexibility index (Phi) is 2.04. The number of rotatable bonds is 1. The second kappa shape index (κ2) is 3.22. The standard InChI is InChI=1S/C12H11NO/c1-8-3-4-12-11(5-8)10(7-14)6-9(2)13-12/h3-7H,1-2H3. The van der Waals surface area contributed by atoms with Crippen molar-refractivity contribution >= 4 is 17.2 Å². The molecule has 0 atom stereocenters. The summed E-state index contributed by atoms with van der Waals surface area (Å²) in [6.07, 6.45) is 0.885. The average molecular weight is 185 g/mol. The van der Waals surface area contributed by atoms with Crippen LogP contribution in [-0.2, 0) is 0 Å². The van der Waals surface area contributed by atoms with Crippen LogP contribution in [0.3, 0.4) is 0 Å². The number of carbonyl (C=O) groups is 1. The maximum atomic E-state index is 10.9. The molecule has 1 aromatic heterocycles. The third-order valence-corrected chi connectivity index (χ3v) is 2.25. The average Bonchev–Trinajstić information content (AvgIpc) is 2.17. The van der Waals surface area contributed by atoms with E-state index in [1.165, 1.54) is 0 Å². The molecule has 2 heteroatoms. The van der Waals surface area contributed by atoms with Gasteiger partial charge in [-0.15, -0.1) is 0 Å². The Balaban J connectivity index is 2.88. The molecule has 1 heterocycles. The Hall–Kier alpha value is -1.70. The lowest BCUT2D eigenvalue weighted by Gasteiger charge is -2.03. The highest BCUT2D eigenvalue weighted by Gasteiger charge is 2.02. The SMILES string of the molecule is Cc1ccc2nc(C)cc(C=O)c2c1. The van der Waals surface area contributed by atoms with Crippen molar-refractivity contribution in [3.63, 3.8) is 0 Å². The summed E-state index contributed by atoms with van der Waals surface area (Å²) in [6.45, 7) is 3.90. The first-order valence-corrected chi connectivity index (χ1v) is 4.54. The van der Waals surface area contributed by atoms with Crippen LogP contribution in [0.25, 0.3) is 10.9 Å². The number of hydrogen-bond acceptors (Lipinski definition) is 2. The maximum absolute atomic E-state index is 10.9. The van der Waals surface area contributed by atoms with Crippen molar-refractivity contribution in [1.29, 1.82) is 0 Å². The third-order valence-electron chi connectivity index (χ3n) is 2.25. The van der Waals surface area contributed by atoms with E-state index in [2.05, 4.69) is 4.98 Å². The number of pyridine rings is 1. The minimum Gasteiger partial charge on any atom is -0.298 e. The lowest BCUT2D eigenvalue weighted by atomic mass is 10.1. The van der Waals surface area contributed by atoms with Gasteiger partial charge in [-0.05, 0) is 32.0 Å². The predicted octanol–water partition coefficient (Wildman–Crippen LogP) is 2.66. The molecule has 70 valence electrons. The van der Waals surface area contributed by atoms with E-state index in [1.807, 2.05) is 38.1 Å². The summed E-state index contributed by atoms with van der Waals surface area (Å²) in [7, 11) is 0. The van der Waals surface area contributed by atoms with Gasteiger partial charge in [0, 0.05) is 16.6 Å². The molecule has 0 N–H and O–H groups in total. The molecule has 2 nitrogen and oxygen atoms in total. The second-order valence-corrected chi connectivity index (χ2v) is 3.49. The molecule has 0 amide bonds. The molecule has 0 aliphatic carbocycles. The van der Waals surface area contributed by atoms with E-state index < -0.39 is 0 Å². The number of fused-ring (bicyclic) bond motifs is 1. The zero-order valence-corrected chi connectivity index (χ0v) is 8.24. The van der Waals surface area contributed by atoms with E-state index in [1.54, 1.807) is 0 Å². The van der Waals surface area contributed by atoms with Crippen molar-refractivity contribution < 1.29 is 4.79 Å². The van der Waals surface area contributed by atoms with Crippen molar-refractivity contribution in [2.24, 2.45) is 0 Å². The number of carbonyl (C=O) groups excluding carboxylic acids is 1. The summed E-state index contributed by atoms with van der Waals surface area (Å²) in [6, 6.07) is 7.76. The van der Waals surface area contributed by atoms with E-state index in [9.17, 15) is 4.79 Å². The summed E-state index contributed by atoms with van der Waals surface area (Å²) in [5, 5.41) is 0.936. The van der Waals surface area contributed by atoms with Gasteiger partial charge in [0.1, 0.15) is 0 Å². The fourth-order valence-electron chi connectivity index (χ4n) is 1.60. The van der Waals surface area contributed by atoms with Gasteiger partial charge in [0.2, 0.25) is 0 Å². The number of hydrogen-bond donors (Lipinski definition) is 0. The molecule has 0 aliphatic heterocycles. The largest absolute Gasteiger partial charge is 0.298 e. The molecule has 14 heavy (non-hydrogen) atoms. The van der Waals surface area contributed by atoms with Crippen LogP contribution < -0.4 is 0 Å². The Morgan fingerprint density at radius 1 is 1.21 bits per heavy atom. The summed E-state index contributed by atoms with van der Waals surface area (Å²) in [5.41, 5.74) is 3.63. The summed E-state index contributed by atoms with van der Waals surface area (Å²) < 4.78 is 0. The predicted molar refractivity (Wildman–Crippen MR) is 56.6 cm³/mol. The molecule has 0 unspecified atom stereocenters. The van der Waals surface area contributed by atoms with Crippen molar-refractivity contribution in [1.82, 2.24) is 4.98 Å². The van der Waals surface area contributed by atoms with Crippen LogP contribution in [0.4, 0.5) is 0 Å². The van der Waals surface area contributed by atoms with E-state index in [0.29, 0.717) is 0 Å². The first kappa shape index (κ1) is 8.88. The van der Waals surface area contributed by atoms with Crippen LogP contribution in [0.1, 0.15) is 21.6 Å². The van der Waals surface area contributed by atoms with E-state index in [0.717, 1.165) is 34.0 Å². The van der Waals surface area contributed by atoms with Crippen LogP contribution in [-0.4, -0.2) is 11.3 Å². The molecule has 0 spiro atoms. The zero-order chi connectivity index (χ0) is 10.1. The molecular weight excluding hydrogens is 174 g/mol. The molecule has 0 bridgehead atoms. The van der Waals surface area contributed by atoms with Gasteiger partial charge < -0.3 is 0 Å². The van der Waals surface area contributed by atoms with Gasteiger partial charge in [-0.25, -0.2) is 0 Å². The van der Waals surface area contributed by atoms with Gasteiger partial charge >= 0.3 is 0 Å². The lowest BCUT2D eigenvalue weighted by molar-refractivity contribution is 0.112. The van der Waals surface area contributed by atoms with E-state index >= 15 is 0 Å². The molecule has 2 rings (SSSR count). The lowest BCUT2D eigenvalue weighted by Crippen LogP contribution is -1.90. The zero-order valence-electron chi connectivity index (χ0n) is 8.24. The number of aromatic nitrogens is 1. The number of aryl methyl sites for hydroxylation is 2. The van der Waals surface area contributed by atoms with Crippen molar-refractivity contribution in [3.8, 4) is 0 Å². The first-order chi connectivity index (χ1) is 6.70. The summed E-state index contributed by atoms with van der Waals surface area (Å²) >= 11 is 0. The molecule has 0 radical (unpaired) electrons. The third kappa shape index (κ3) is 1.39. The monoisotopic (exact) mass is 185 g/mol. The number of aldehydes is 1. The Morgan fingerprint density at radius 3 is 2.71 bits per heavy atom. The number of benzene rings is 1. The fourth-order valence-corrected chi connectivity index (χ4v) is 1.60. The summed E-state index contributed by atoms with van der Waals surface area (Å²) in [4.78, 5) is 15.2. The Morgan fingerprint density at radius 2 is 2.00 bits per heavy atom. The Labute approximate surface area is 82.6 Å². The normalized spacial score (nSPS) is 10.4. The van der Waals surface area contributed by atoms with Crippen LogP contribution in [0.5, 0.6) is 0 Å². The maximum Gasteiger partial charge on any atom is 0.150 e. The highest BCUT2D eigenvalue weighted by molar-refractivity contribution is 5.96. The van der Waals surface area contributed by atoms with Gasteiger partial charge in [-0.1, -0.05) is 11.6 Å². The van der Waals surface area contributed by atoms with Crippen LogP contribution in [0.15, 0.2) is 24.3 Å². The van der Waals surface area contributed by atoms with Gasteiger partial charge in [0.05, 0.1) is 5.52 Å². The van der Waals surface area contributed by atoms with E-state index in [4.69, 9.17) is 0 Å². The highest BCUT2D eigenvalue weighted by atomic mass is 16.1. The number of nitrogens with zero attached hydrogens (tertiary/aromatic N) is 1. The van der Waals surface area contributed by atoms with Gasteiger partial charge in [-0.3, -0.25) is 9.78 Å². The van der Waals surface area contributed by atoms with Crippen molar-refractivity contribution in [3.05, 3.63) is 41.1 Å². The minimum atomic E-state index is 0.719. The van der Waals surface area contributed by atoms with Crippen molar-refractivity contribution in [2.45, 2.75) is 13.8 Å². The highest BCUT2D eigenvalue weighted by Crippen LogP contribution is 2.18. The first-order valence-electron chi connectivity index (χ1n) is 4.54. The smallest absolute Gasteiger partial charge is 0.150 e. The molecule has 1 aromatic carbocycles. The van der Waals surface area contributed by atoms with Gasteiger partial charge in [0.25, 0.3) is 0 Å². The molecule has 0 saturated carbocycles. The summed E-state index contributed by atoms with van der Waals surface area (Å²) in [5.74, 6) is 0.